The molecule has 0 spiro atoms. The van der Waals surface area contributed by atoms with Gasteiger partial charge in [-0.05, 0) is 38.3 Å². The minimum Gasteiger partial charge on any atom is -0.480 e. The maximum absolute atomic E-state index is 11.5. The molecule has 0 amide bonds. The number of para-hydroxylation sites is 1. The summed E-state index contributed by atoms with van der Waals surface area (Å²) in [7, 11) is 0. The van der Waals surface area contributed by atoms with E-state index in [2.05, 4.69) is 10.3 Å². The number of carboxylic acid groups (broad SMARTS) is 1. The zero-order chi connectivity index (χ0) is 13.5. The number of carbonyl (C=O) groups is 1. The van der Waals surface area contributed by atoms with E-state index in [4.69, 9.17) is 0 Å². The van der Waals surface area contributed by atoms with Gasteiger partial charge in [-0.15, -0.1) is 0 Å². The third-order valence-electron chi connectivity index (χ3n) is 3.83. The molecule has 4 nitrogen and oxygen atoms in total. The molecular formula is C15H16N2O2. The average molecular weight is 256 g/mol. The van der Waals surface area contributed by atoms with Crippen molar-refractivity contribution in [3.8, 4) is 0 Å². The third-order valence-corrected chi connectivity index (χ3v) is 3.83. The Balaban J connectivity index is 2.07. The molecule has 0 aliphatic heterocycles. The van der Waals surface area contributed by atoms with E-state index in [-0.39, 0.29) is 0 Å². The predicted molar refractivity (Wildman–Crippen MR) is 74.3 cm³/mol. The van der Waals surface area contributed by atoms with E-state index < -0.39 is 11.5 Å². The predicted octanol–water partition coefficient (Wildman–Crippen LogP) is 2.96. The van der Waals surface area contributed by atoms with Crippen LogP contribution in [-0.2, 0) is 4.79 Å². The first-order chi connectivity index (χ1) is 9.11. The summed E-state index contributed by atoms with van der Waals surface area (Å²) in [6, 6.07) is 9.72. The number of pyridine rings is 1. The highest BCUT2D eigenvalue weighted by Crippen LogP contribution is 2.37. The molecule has 4 heteroatoms. The van der Waals surface area contributed by atoms with Gasteiger partial charge in [0.1, 0.15) is 5.54 Å². The van der Waals surface area contributed by atoms with Gasteiger partial charge in [-0.25, -0.2) is 4.79 Å². The molecule has 98 valence electrons. The summed E-state index contributed by atoms with van der Waals surface area (Å²) in [5, 5.41) is 13.6. The van der Waals surface area contributed by atoms with Crippen molar-refractivity contribution in [3.63, 3.8) is 0 Å². The largest absolute Gasteiger partial charge is 0.480 e. The number of aromatic nitrogens is 1. The molecule has 1 aliphatic rings. The van der Waals surface area contributed by atoms with Crippen molar-refractivity contribution in [3.05, 3.63) is 36.0 Å². The fourth-order valence-corrected chi connectivity index (χ4v) is 2.59. The Bertz CT molecular complexity index is 648. The fraction of sp³-hybridized carbons (Fsp3) is 0.333. The van der Waals surface area contributed by atoms with Gasteiger partial charge in [-0.2, -0.15) is 0 Å². The number of rotatable bonds is 3. The van der Waals surface area contributed by atoms with E-state index in [0.717, 1.165) is 28.7 Å². The summed E-state index contributed by atoms with van der Waals surface area (Å²) in [5.41, 5.74) is 1.85. The van der Waals surface area contributed by atoms with Crippen molar-refractivity contribution in [1.82, 2.24) is 4.98 Å². The topological polar surface area (TPSA) is 62.2 Å². The number of carboxylic acids is 1. The van der Waals surface area contributed by atoms with Crippen LogP contribution in [-0.4, -0.2) is 21.6 Å². The van der Waals surface area contributed by atoms with Crippen LogP contribution in [0.15, 0.2) is 30.3 Å². The maximum Gasteiger partial charge on any atom is 0.329 e. The molecule has 2 N–H and O–H groups in total. The van der Waals surface area contributed by atoms with Gasteiger partial charge in [0.05, 0.1) is 5.52 Å². The molecular weight excluding hydrogens is 240 g/mol. The number of benzene rings is 1. The van der Waals surface area contributed by atoms with Gasteiger partial charge in [-0.1, -0.05) is 18.2 Å². The van der Waals surface area contributed by atoms with Crippen molar-refractivity contribution in [2.75, 3.05) is 5.32 Å². The Morgan fingerprint density at radius 1 is 1.37 bits per heavy atom. The Labute approximate surface area is 111 Å². The van der Waals surface area contributed by atoms with Crippen LogP contribution in [0.5, 0.6) is 0 Å². The van der Waals surface area contributed by atoms with Crippen LogP contribution < -0.4 is 5.32 Å². The zero-order valence-electron chi connectivity index (χ0n) is 10.8. The second-order valence-electron chi connectivity index (χ2n) is 5.19. The summed E-state index contributed by atoms with van der Waals surface area (Å²) in [6.07, 6.45) is 2.32. The SMILES string of the molecule is Cc1cc(NC2(C(=O)O)CCC2)c2ccccc2n1. The number of fused-ring (bicyclic) bond motifs is 1. The Kier molecular flexibility index (Phi) is 2.66. The van der Waals surface area contributed by atoms with Gasteiger partial charge < -0.3 is 10.4 Å². The van der Waals surface area contributed by atoms with Crippen molar-refractivity contribution < 1.29 is 9.90 Å². The monoisotopic (exact) mass is 256 g/mol. The number of nitrogens with zero attached hydrogens (tertiary/aromatic N) is 1. The molecule has 0 unspecified atom stereocenters. The first-order valence-electron chi connectivity index (χ1n) is 6.49. The molecule has 1 aromatic heterocycles. The second kappa shape index (κ2) is 4.23. The summed E-state index contributed by atoms with van der Waals surface area (Å²) in [5.74, 6) is -0.766. The molecule has 2 aromatic rings. The van der Waals surface area contributed by atoms with Gasteiger partial charge in [0.25, 0.3) is 0 Å². The molecule has 1 saturated carbocycles. The first kappa shape index (κ1) is 12.0. The quantitative estimate of drug-likeness (QED) is 0.886. The summed E-state index contributed by atoms with van der Waals surface area (Å²) >= 11 is 0. The second-order valence-corrected chi connectivity index (χ2v) is 5.19. The molecule has 1 aromatic carbocycles. The lowest BCUT2D eigenvalue weighted by atomic mass is 9.76. The highest BCUT2D eigenvalue weighted by molar-refractivity contribution is 5.94. The van der Waals surface area contributed by atoms with Crippen molar-refractivity contribution in [1.29, 1.82) is 0 Å². The molecule has 19 heavy (non-hydrogen) atoms. The van der Waals surface area contributed by atoms with Crippen LogP contribution in [0, 0.1) is 6.92 Å². The molecule has 3 rings (SSSR count). The summed E-state index contributed by atoms with van der Waals surface area (Å²) < 4.78 is 0. The van der Waals surface area contributed by atoms with Crippen molar-refractivity contribution >= 4 is 22.6 Å². The lowest BCUT2D eigenvalue weighted by Gasteiger charge is -2.39. The standard InChI is InChI=1S/C15H16N2O2/c1-10-9-13(11-5-2-3-6-12(11)16-10)17-15(14(18)19)7-4-8-15/h2-3,5-6,9H,4,7-8H2,1H3,(H,16,17)(H,18,19). The van der Waals surface area contributed by atoms with Crippen LogP contribution in [0.25, 0.3) is 10.9 Å². The Hall–Kier alpha value is -2.10. The molecule has 0 saturated heterocycles. The van der Waals surface area contributed by atoms with E-state index in [9.17, 15) is 9.90 Å². The van der Waals surface area contributed by atoms with E-state index in [1.807, 2.05) is 37.3 Å². The number of aliphatic carboxylic acids is 1. The average Bonchev–Trinajstić information content (AvgIpc) is 2.32. The van der Waals surface area contributed by atoms with Gasteiger partial charge in [0.15, 0.2) is 0 Å². The maximum atomic E-state index is 11.5. The molecule has 0 bridgehead atoms. The lowest BCUT2D eigenvalue weighted by Crippen LogP contribution is -2.52. The van der Waals surface area contributed by atoms with Crippen molar-refractivity contribution in [2.24, 2.45) is 0 Å². The zero-order valence-corrected chi connectivity index (χ0v) is 10.8. The Morgan fingerprint density at radius 2 is 2.11 bits per heavy atom. The summed E-state index contributed by atoms with van der Waals surface area (Å²) in [6.45, 7) is 1.92. The highest BCUT2D eigenvalue weighted by Gasteiger charge is 2.44. The van der Waals surface area contributed by atoms with Crippen LogP contribution >= 0.6 is 0 Å². The molecule has 1 heterocycles. The van der Waals surface area contributed by atoms with Crippen LogP contribution in [0.3, 0.4) is 0 Å². The minimum absolute atomic E-state index is 0.679. The normalized spacial score (nSPS) is 16.9. The van der Waals surface area contributed by atoms with E-state index in [1.165, 1.54) is 0 Å². The van der Waals surface area contributed by atoms with E-state index >= 15 is 0 Å². The fourth-order valence-electron chi connectivity index (χ4n) is 2.59. The first-order valence-corrected chi connectivity index (χ1v) is 6.49. The summed E-state index contributed by atoms with van der Waals surface area (Å²) in [4.78, 5) is 15.9. The van der Waals surface area contributed by atoms with Crippen molar-refractivity contribution in [2.45, 2.75) is 31.7 Å². The van der Waals surface area contributed by atoms with Crippen LogP contribution in [0.1, 0.15) is 25.0 Å². The van der Waals surface area contributed by atoms with Crippen LogP contribution in [0.4, 0.5) is 5.69 Å². The molecule has 0 atom stereocenters. The van der Waals surface area contributed by atoms with E-state index in [0.29, 0.717) is 12.8 Å². The van der Waals surface area contributed by atoms with E-state index in [1.54, 1.807) is 0 Å². The molecule has 0 radical (unpaired) electrons. The van der Waals surface area contributed by atoms with Gasteiger partial charge >= 0.3 is 5.97 Å². The highest BCUT2D eigenvalue weighted by atomic mass is 16.4. The molecule has 1 fully saturated rings. The third kappa shape index (κ3) is 1.93. The Morgan fingerprint density at radius 3 is 2.74 bits per heavy atom. The smallest absolute Gasteiger partial charge is 0.329 e. The van der Waals surface area contributed by atoms with Gasteiger partial charge in [0, 0.05) is 16.8 Å². The van der Waals surface area contributed by atoms with Crippen LogP contribution in [0.2, 0.25) is 0 Å². The number of anilines is 1. The molecule has 1 aliphatic carbocycles. The van der Waals surface area contributed by atoms with Gasteiger partial charge in [0.2, 0.25) is 0 Å². The minimum atomic E-state index is -0.795. The lowest BCUT2D eigenvalue weighted by molar-refractivity contribution is -0.145. The number of nitrogens with one attached hydrogen (secondary N) is 1. The number of aryl methyl sites for hydroxylation is 1. The van der Waals surface area contributed by atoms with Gasteiger partial charge in [-0.3, -0.25) is 4.98 Å². The number of hydrogen-bond acceptors (Lipinski definition) is 3. The number of hydrogen-bond donors (Lipinski definition) is 2.